The van der Waals surface area contributed by atoms with Gasteiger partial charge in [-0.05, 0) is 64.9 Å². The molecule has 1 unspecified atom stereocenters. The molecule has 210 valence electrons. The zero-order chi connectivity index (χ0) is 30.3. The first-order valence-corrected chi connectivity index (χ1v) is 14.9. The Labute approximate surface area is 260 Å². The van der Waals surface area contributed by atoms with E-state index in [9.17, 15) is 10.5 Å². The molecule has 0 spiro atoms. The summed E-state index contributed by atoms with van der Waals surface area (Å²) < 4.78 is 2.27. The van der Waals surface area contributed by atoms with E-state index in [0.717, 1.165) is 72.2 Å². The van der Waals surface area contributed by atoms with Crippen LogP contribution in [0.5, 0.6) is 0 Å². The number of allylic oxidation sites excluding steroid dienone is 4. The Morgan fingerprint density at radius 2 is 1.47 bits per heavy atom. The van der Waals surface area contributed by atoms with Crippen molar-refractivity contribution in [3.63, 3.8) is 0 Å². The number of nitrogens with zero attached hydrogens (tertiary/aromatic N) is 5. The summed E-state index contributed by atoms with van der Waals surface area (Å²) in [6.45, 7) is 0. The van der Waals surface area contributed by atoms with Gasteiger partial charge in [0.2, 0.25) is 0 Å². The molecule has 0 aliphatic heterocycles. The van der Waals surface area contributed by atoms with E-state index < -0.39 is 0 Å². The highest BCUT2D eigenvalue weighted by Crippen LogP contribution is 2.40. The lowest BCUT2D eigenvalue weighted by Gasteiger charge is -2.15. The van der Waals surface area contributed by atoms with Gasteiger partial charge in [0.15, 0.2) is 0 Å². The smallest absolute Gasteiger partial charge is 0.146 e. The van der Waals surface area contributed by atoms with Gasteiger partial charge in [-0.2, -0.15) is 10.5 Å². The third-order valence-electron chi connectivity index (χ3n) is 8.58. The number of benzene rings is 4. The SMILES string of the molecule is N#Cc1ccc(-c2nc3c4cc(-c5ccc(-c6ccccn6)cc5)ccc4c4ccccc4n3c2C2=CCC(C#N)C=C2)cc1. The first-order valence-electron chi connectivity index (χ1n) is 14.9. The van der Waals surface area contributed by atoms with Crippen LogP contribution in [-0.4, -0.2) is 14.4 Å². The van der Waals surface area contributed by atoms with E-state index in [-0.39, 0.29) is 5.92 Å². The van der Waals surface area contributed by atoms with Gasteiger partial charge in [-0.15, -0.1) is 0 Å². The van der Waals surface area contributed by atoms with Gasteiger partial charge in [-0.1, -0.05) is 91.0 Å². The molecule has 0 amide bonds. The van der Waals surface area contributed by atoms with Crippen LogP contribution in [0.25, 0.3) is 66.5 Å². The van der Waals surface area contributed by atoms with Gasteiger partial charge in [0.05, 0.1) is 46.2 Å². The van der Waals surface area contributed by atoms with Gasteiger partial charge in [0.25, 0.3) is 0 Å². The average Bonchev–Trinajstić information content (AvgIpc) is 3.53. The van der Waals surface area contributed by atoms with Crippen molar-refractivity contribution in [1.82, 2.24) is 14.4 Å². The van der Waals surface area contributed by atoms with Crippen LogP contribution in [0.2, 0.25) is 0 Å². The molecule has 0 saturated carbocycles. The highest BCUT2D eigenvalue weighted by molar-refractivity contribution is 6.14. The van der Waals surface area contributed by atoms with E-state index in [0.29, 0.717) is 12.0 Å². The summed E-state index contributed by atoms with van der Waals surface area (Å²) in [4.78, 5) is 9.85. The minimum absolute atomic E-state index is 0.143. The van der Waals surface area contributed by atoms with E-state index in [1.54, 1.807) is 0 Å². The molecule has 0 fully saturated rings. The second kappa shape index (κ2) is 10.8. The zero-order valence-corrected chi connectivity index (χ0v) is 24.2. The molecular formula is C40H25N5. The summed E-state index contributed by atoms with van der Waals surface area (Å²) in [6, 6.07) is 41.7. The van der Waals surface area contributed by atoms with E-state index in [4.69, 9.17) is 4.98 Å². The van der Waals surface area contributed by atoms with Crippen molar-refractivity contribution in [2.75, 3.05) is 0 Å². The van der Waals surface area contributed by atoms with Crippen LogP contribution < -0.4 is 0 Å². The molecule has 3 heterocycles. The van der Waals surface area contributed by atoms with Gasteiger partial charge in [-0.25, -0.2) is 4.98 Å². The highest BCUT2D eigenvalue weighted by atomic mass is 15.0. The minimum Gasteiger partial charge on any atom is -0.291 e. The largest absolute Gasteiger partial charge is 0.291 e. The van der Waals surface area contributed by atoms with Crippen LogP contribution in [0.1, 0.15) is 17.7 Å². The Morgan fingerprint density at radius 1 is 0.711 bits per heavy atom. The zero-order valence-electron chi connectivity index (χ0n) is 24.2. The summed E-state index contributed by atoms with van der Waals surface area (Å²) in [5, 5.41) is 22.3. The monoisotopic (exact) mass is 575 g/mol. The van der Waals surface area contributed by atoms with Crippen LogP contribution in [0.15, 0.2) is 134 Å². The van der Waals surface area contributed by atoms with Gasteiger partial charge >= 0.3 is 0 Å². The maximum Gasteiger partial charge on any atom is 0.146 e. The lowest BCUT2D eigenvalue weighted by atomic mass is 9.94. The van der Waals surface area contributed by atoms with Crippen LogP contribution >= 0.6 is 0 Å². The van der Waals surface area contributed by atoms with Crippen molar-refractivity contribution in [2.45, 2.75) is 6.42 Å². The van der Waals surface area contributed by atoms with Crippen LogP contribution in [-0.2, 0) is 0 Å². The highest BCUT2D eigenvalue weighted by Gasteiger charge is 2.23. The van der Waals surface area contributed by atoms with Gasteiger partial charge in [0, 0.05) is 28.1 Å². The number of hydrogen-bond donors (Lipinski definition) is 0. The maximum absolute atomic E-state index is 9.54. The number of imidazole rings is 1. The molecule has 0 bridgehead atoms. The van der Waals surface area contributed by atoms with Gasteiger partial charge in [0.1, 0.15) is 5.65 Å². The average molecular weight is 576 g/mol. The molecule has 1 aliphatic carbocycles. The molecule has 1 aliphatic rings. The first kappa shape index (κ1) is 26.3. The molecule has 45 heavy (non-hydrogen) atoms. The number of para-hydroxylation sites is 1. The molecule has 1 atom stereocenters. The van der Waals surface area contributed by atoms with Crippen molar-refractivity contribution in [3.8, 4) is 45.8 Å². The number of aromatic nitrogens is 3. The fraction of sp³-hybridized carbons (Fsp3) is 0.0500. The van der Waals surface area contributed by atoms with Crippen molar-refractivity contribution in [2.24, 2.45) is 5.92 Å². The predicted molar refractivity (Wildman–Crippen MR) is 180 cm³/mol. The Kier molecular flexibility index (Phi) is 6.30. The maximum atomic E-state index is 9.54. The molecule has 8 rings (SSSR count). The quantitative estimate of drug-likeness (QED) is 0.196. The van der Waals surface area contributed by atoms with Gasteiger partial charge < -0.3 is 0 Å². The number of rotatable bonds is 4. The molecule has 5 heteroatoms. The molecule has 0 radical (unpaired) electrons. The topological polar surface area (TPSA) is 77.8 Å². The molecular weight excluding hydrogens is 550 g/mol. The normalized spacial score (nSPS) is 14.4. The second-order valence-corrected chi connectivity index (χ2v) is 11.2. The summed E-state index contributed by atoms with van der Waals surface area (Å²) in [7, 11) is 0. The first-order chi connectivity index (χ1) is 22.2. The Hall–Kier alpha value is -6.30. The molecule has 3 aromatic heterocycles. The van der Waals surface area contributed by atoms with Crippen molar-refractivity contribution in [1.29, 1.82) is 10.5 Å². The third kappa shape index (κ3) is 4.47. The third-order valence-corrected chi connectivity index (χ3v) is 8.58. The van der Waals surface area contributed by atoms with E-state index in [1.165, 1.54) is 0 Å². The molecule has 0 saturated heterocycles. The molecule has 0 N–H and O–H groups in total. The Morgan fingerprint density at radius 3 is 2.20 bits per heavy atom. The Bertz CT molecular complexity index is 2400. The number of pyridine rings is 2. The Balaban J connectivity index is 1.39. The van der Waals surface area contributed by atoms with Gasteiger partial charge in [-0.3, -0.25) is 9.38 Å². The lowest BCUT2D eigenvalue weighted by molar-refractivity contribution is 0.840. The lowest BCUT2D eigenvalue weighted by Crippen LogP contribution is -2.01. The summed E-state index contributed by atoms with van der Waals surface area (Å²) in [6.07, 6.45) is 8.63. The standard InChI is InChI=1S/C40H25N5/c41-24-26-8-12-30(13-9-26)38-39(31-14-10-27(25-42)11-15-31)45-37-7-2-1-5-34(37)33-21-20-32(23-35(33)40(45)44-38)28-16-18-29(19-17-28)36-6-3-4-22-43-36/h1-10,12-23,27H,11H2. The van der Waals surface area contributed by atoms with Crippen molar-refractivity contribution < 1.29 is 0 Å². The van der Waals surface area contributed by atoms with E-state index in [2.05, 4.69) is 94.3 Å². The number of hydrogen-bond acceptors (Lipinski definition) is 4. The minimum atomic E-state index is -0.143. The molecule has 5 nitrogen and oxygen atoms in total. The summed E-state index contributed by atoms with van der Waals surface area (Å²) >= 11 is 0. The van der Waals surface area contributed by atoms with Crippen LogP contribution in [0, 0.1) is 28.6 Å². The second-order valence-electron chi connectivity index (χ2n) is 11.2. The summed E-state index contributed by atoms with van der Waals surface area (Å²) in [5.41, 5.74) is 10.5. The predicted octanol–water partition coefficient (Wildman–Crippen LogP) is 9.39. The fourth-order valence-electron chi connectivity index (χ4n) is 6.30. The fourth-order valence-corrected chi connectivity index (χ4v) is 6.30. The summed E-state index contributed by atoms with van der Waals surface area (Å²) in [5.74, 6) is -0.143. The molecule has 4 aromatic carbocycles. The number of nitriles is 2. The van der Waals surface area contributed by atoms with Crippen LogP contribution in [0.4, 0.5) is 0 Å². The van der Waals surface area contributed by atoms with Crippen LogP contribution in [0.3, 0.4) is 0 Å². The van der Waals surface area contributed by atoms with Crippen molar-refractivity contribution >= 4 is 32.9 Å². The van der Waals surface area contributed by atoms with E-state index >= 15 is 0 Å². The number of fused-ring (bicyclic) bond motifs is 6. The molecule has 7 aromatic rings. The van der Waals surface area contributed by atoms with Crippen molar-refractivity contribution in [3.05, 3.63) is 145 Å². The van der Waals surface area contributed by atoms with E-state index in [1.807, 2.05) is 60.8 Å².